The standard InChI is InChI=1S/C15H31NO/c1-3-11-16-14(2)8-7-12-17-13-15-9-5-4-6-10-15/h14-16H,3-13H2,1-2H3. The summed E-state index contributed by atoms with van der Waals surface area (Å²) in [5.74, 6) is 0.861. The first-order chi connectivity index (χ1) is 8.33. The van der Waals surface area contributed by atoms with Gasteiger partial charge in [-0.2, -0.15) is 0 Å². The molecule has 0 radical (unpaired) electrons. The molecule has 0 aromatic carbocycles. The van der Waals surface area contributed by atoms with Crippen LogP contribution in [0.3, 0.4) is 0 Å². The molecule has 0 aliphatic heterocycles. The van der Waals surface area contributed by atoms with E-state index in [2.05, 4.69) is 19.2 Å². The van der Waals surface area contributed by atoms with Crippen LogP contribution in [0.15, 0.2) is 0 Å². The maximum atomic E-state index is 5.80. The van der Waals surface area contributed by atoms with Crippen molar-refractivity contribution in [2.45, 2.75) is 71.3 Å². The van der Waals surface area contributed by atoms with E-state index < -0.39 is 0 Å². The average molecular weight is 241 g/mol. The van der Waals surface area contributed by atoms with Crippen LogP contribution in [0, 0.1) is 5.92 Å². The second kappa shape index (κ2) is 9.90. The van der Waals surface area contributed by atoms with Crippen molar-refractivity contribution in [3.05, 3.63) is 0 Å². The van der Waals surface area contributed by atoms with Gasteiger partial charge in [-0.25, -0.2) is 0 Å². The Morgan fingerprint density at radius 3 is 2.71 bits per heavy atom. The molecule has 0 heterocycles. The summed E-state index contributed by atoms with van der Waals surface area (Å²) in [6.07, 6.45) is 10.7. The lowest BCUT2D eigenvalue weighted by Crippen LogP contribution is -2.26. The minimum absolute atomic E-state index is 0.647. The Labute approximate surface area is 108 Å². The van der Waals surface area contributed by atoms with Gasteiger partial charge in [0.15, 0.2) is 0 Å². The summed E-state index contributed by atoms with van der Waals surface area (Å²) < 4.78 is 5.80. The van der Waals surface area contributed by atoms with Gasteiger partial charge in [0.25, 0.3) is 0 Å². The summed E-state index contributed by atoms with van der Waals surface area (Å²) in [6.45, 7) is 7.60. The fourth-order valence-corrected chi connectivity index (χ4v) is 2.59. The van der Waals surface area contributed by atoms with E-state index in [1.807, 2.05) is 0 Å². The third kappa shape index (κ3) is 7.77. The molecule has 0 bridgehead atoms. The molecule has 1 N–H and O–H groups in total. The molecule has 1 rings (SSSR count). The zero-order valence-corrected chi connectivity index (χ0v) is 11.8. The largest absolute Gasteiger partial charge is 0.381 e. The third-order valence-corrected chi connectivity index (χ3v) is 3.75. The minimum Gasteiger partial charge on any atom is -0.381 e. The first kappa shape index (κ1) is 15.0. The molecule has 1 fully saturated rings. The Hall–Kier alpha value is -0.0800. The van der Waals surface area contributed by atoms with Crippen LogP contribution in [-0.4, -0.2) is 25.8 Å². The monoisotopic (exact) mass is 241 g/mol. The van der Waals surface area contributed by atoms with E-state index in [0.717, 1.165) is 25.7 Å². The summed E-state index contributed by atoms with van der Waals surface area (Å²) in [5, 5.41) is 3.52. The number of hydrogen-bond donors (Lipinski definition) is 1. The van der Waals surface area contributed by atoms with Crippen LogP contribution in [0.1, 0.15) is 65.2 Å². The zero-order chi connectivity index (χ0) is 12.3. The summed E-state index contributed by atoms with van der Waals surface area (Å²) in [4.78, 5) is 0. The molecule has 0 saturated heterocycles. The lowest BCUT2D eigenvalue weighted by molar-refractivity contribution is 0.0816. The highest BCUT2D eigenvalue weighted by molar-refractivity contribution is 4.65. The molecule has 1 saturated carbocycles. The molecular weight excluding hydrogens is 210 g/mol. The second-order valence-electron chi connectivity index (χ2n) is 5.58. The van der Waals surface area contributed by atoms with Crippen LogP contribution in [0.4, 0.5) is 0 Å². The van der Waals surface area contributed by atoms with Gasteiger partial charge in [-0.1, -0.05) is 26.2 Å². The molecule has 0 amide bonds. The molecule has 2 heteroatoms. The molecule has 17 heavy (non-hydrogen) atoms. The Morgan fingerprint density at radius 2 is 2.00 bits per heavy atom. The number of hydrogen-bond acceptors (Lipinski definition) is 2. The van der Waals surface area contributed by atoms with Crippen LogP contribution in [0.5, 0.6) is 0 Å². The van der Waals surface area contributed by atoms with E-state index in [1.54, 1.807) is 0 Å². The summed E-state index contributed by atoms with van der Waals surface area (Å²) >= 11 is 0. The summed E-state index contributed by atoms with van der Waals surface area (Å²) in [6, 6.07) is 0.647. The Morgan fingerprint density at radius 1 is 1.24 bits per heavy atom. The van der Waals surface area contributed by atoms with Crippen molar-refractivity contribution in [3.8, 4) is 0 Å². The highest BCUT2D eigenvalue weighted by Gasteiger charge is 2.12. The molecular formula is C15H31NO. The lowest BCUT2D eigenvalue weighted by Gasteiger charge is -2.21. The van der Waals surface area contributed by atoms with E-state index in [-0.39, 0.29) is 0 Å². The van der Waals surface area contributed by atoms with Gasteiger partial charge in [0.05, 0.1) is 0 Å². The van der Waals surface area contributed by atoms with E-state index in [1.165, 1.54) is 51.4 Å². The predicted octanol–water partition coefficient (Wildman–Crippen LogP) is 3.75. The maximum Gasteiger partial charge on any atom is 0.0494 e. The Balaban J connectivity index is 1.86. The average Bonchev–Trinajstić information content (AvgIpc) is 2.37. The van der Waals surface area contributed by atoms with Crippen molar-refractivity contribution in [1.29, 1.82) is 0 Å². The first-order valence-corrected chi connectivity index (χ1v) is 7.64. The van der Waals surface area contributed by atoms with Gasteiger partial charge in [-0.15, -0.1) is 0 Å². The van der Waals surface area contributed by atoms with Crippen LogP contribution in [-0.2, 0) is 4.74 Å². The van der Waals surface area contributed by atoms with E-state index in [4.69, 9.17) is 4.74 Å². The maximum absolute atomic E-state index is 5.80. The van der Waals surface area contributed by atoms with Gasteiger partial charge in [0.1, 0.15) is 0 Å². The van der Waals surface area contributed by atoms with Crippen molar-refractivity contribution < 1.29 is 4.74 Å². The minimum atomic E-state index is 0.647. The fourth-order valence-electron chi connectivity index (χ4n) is 2.59. The zero-order valence-electron chi connectivity index (χ0n) is 11.8. The quantitative estimate of drug-likeness (QED) is 0.621. The smallest absolute Gasteiger partial charge is 0.0494 e. The predicted molar refractivity (Wildman–Crippen MR) is 74.4 cm³/mol. The summed E-state index contributed by atoms with van der Waals surface area (Å²) in [7, 11) is 0. The molecule has 1 unspecified atom stereocenters. The fraction of sp³-hybridized carbons (Fsp3) is 1.00. The van der Waals surface area contributed by atoms with Crippen LogP contribution in [0.2, 0.25) is 0 Å². The Kier molecular flexibility index (Phi) is 8.72. The molecule has 0 aromatic heterocycles. The number of nitrogens with one attached hydrogen (secondary N) is 1. The van der Waals surface area contributed by atoms with Crippen molar-refractivity contribution in [1.82, 2.24) is 5.32 Å². The SMILES string of the molecule is CCCNC(C)CCCOCC1CCCCC1. The Bertz CT molecular complexity index is 166. The van der Waals surface area contributed by atoms with Crippen LogP contribution in [0.25, 0.3) is 0 Å². The third-order valence-electron chi connectivity index (χ3n) is 3.75. The number of rotatable bonds is 9. The molecule has 0 aromatic rings. The molecule has 0 spiro atoms. The van der Waals surface area contributed by atoms with Crippen molar-refractivity contribution >= 4 is 0 Å². The highest BCUT2D eigenvalue weighted by atomic mass is 16.5. The summed E-state index contributed by atoms with van der Waals surface area (Å²) in [5.41, 5.74) is 0. The molecule has 1 aliphatic rings. The van der Waals surface area contributed by atoms with E-state index in [9.17, 15) is 0 Å². The highest BCUT2D eigenvalue weighted by Crippen LogP contribution is 2.23. The topological polar surface area (TPSA) is 21.3 Å². The van der Waals surface area contributed by atoms with Crippen LogP contribution < -0.4 is 5.32 Å². The van der Waals surface area contributed by atoms with E-state index >= 15 is 0 Å². The van der Waals surface area contributed by atoms with Gasteiger partial charge in [-0.05, 0) is 51.5 Å². The molecule has 1 aliphatic carbocycles. The van der Waals surface area contributed by atoms with Crippen molar-refractivity contribution in [2.75, 3.05) is 19.8 Å². The van der Waals surface area contributed by atoms with Gasteiger partial charge in [0, 0.05) is 19.3 Å². The second-order valence-corrected chi connectivity index (χ2v) is 5.58. The van der Waals surface area contributed by atoms with Crippen molar-refractivity contribution in [3.63, 3.8) is 0 Å². The molecule has 102 valence electrons. The van der Waals surface area contributed by atoms with Gasteiger partial charge in [0.2, 0.25) is 0 Å². The number of ether oxygens (including phenoxy) is 1. The van der Waals surface area contributed by atoms with Crippen LogP contribution >= 0.6 is 0 Å². The lowest BCUT2D eigenvalue weighted by atomic mass is 9.90. The van der Waals surface area contributed by atoms with Gasteiger partial charge >= 0.3 is 0 Å². The van der Waals surface area contributed by atoms with Crippen molar-refractivity contribution in [2.24, 2.45) is 5.92 Å². The molecule has 2 nitrogen and oxygen atoms in total. The first-order valence-electron chi connectivity index (χ1n) is 7.64. The molecule has 1 atom stereocenters. The van der Waals surface area contributed by atoms with Gasteiger partial charge in [-0.3, -0.25) is 0 Å². The van der Waals surface area contributed by atoms with Gasteiger partial charge < -0.3 is 10.1 Å². The van der Waals surface area contributed by atoms with E-state index in [0.29, 0.717) is 6.04 Å². The normalized spacial score (nSPS) is 19.4.